The van der Waals surface area contributed by atoms with E-state index in [9.17, 15) is 0 Å². The summed E-state index contributed by atoms with van der Waals surface area (Å²) in [5.41, 5.74) is 6.66. The lowest BCUT2D eigenvalue weighted by Gasteiger charge is -2.29. The Morgan fingerprint density at radius 1 is 1.67 bits per heavy atom. The molecule has 0 aromatic carbocycles. The average Bonchev–Trinajstić information content (AvgIpc) is 2.16. The van der Waals surface area contributed by atoms with Gasteiger partial charge in [0.05, 0.1) is 0 Å². The zero-order valence-corrected chi connectivity index (χ0v) is 7.66. The van der Waals surface area contributed by atoms with Crippen molar-refractivity contribution >= 4 is 0 Å². The van der Waals surface area contributed by atoms with Gasteiger partial charge in [0.15, 0.2) is 0 Å². The molecule has 2 N–H and O–H groups in total. The monoisotopic (exact) mass is 168 g/mol. The summed E-state index contributed by atoms with van der Waals surface area (Å²) in [7, 11) is 1.71. The van der Waals surface area contributed by atoms with Gasteiger partial charge in [-0.05, 0) is 18.6 Å². The van der Waals surface area contributed by atoms with Crippen molar-refractivity contribution in [1.29, 1.82) is 0 Å². The Bertz CT molecular complexity index is 199. The molecule has 12 heavy (non-hydrogen) atoms. The minimum Gasteiger partial charge on any atom is -0.358 e. The minimum atomic E-state index is 0.0744. The highest BCUT2D eigenvalue weighted by Gasteiger charge is 2.13. The molecule has 0 bridgehead atoms. The van der Waals surface area contributed by atoms with Crippen LogP contribution in [-0.2, 0) is 4.74 Å². The molecule has 3 nitrogen and oxygen atoms in total. The fourth-order valence-corrected chi connectivity index (χ4v) is 1.25. The van der Waals surface area contributed by atoms with E-state index in [2.05, 4.69) is 11.8 Å². The second kappa shape index (κ2) is 4.28. The predicted octanol–water partition coefficient (Wildman–Crippen LogP) is 0.693. The molecule has 1 unspecified atom stereocenters. The second-order valence-corrected chi connectivity index (χ2v) is 2.72. The van der Waals surface area contributed by atoms with Crippen LogP contribution in [0.25, 0.3) is 0 Å². The van der Waals surface area contributed by atoms with Gasteiger partial charge >= 0.3 is 0 Å². The molecular weight excluding hydrogens is 152 g/mol. The van der Waals surface area contributed by atoms with Gasteiger partial charge in [-0.1, -0.05) is 6.08 Å². The summed E-state index contributed by atoms with van der Waals surface area (Å²) in [5, 5.41) is 0. The first-order valence-electron chi connectivity index (χ1n) is 4.19. The quantitative estimate of drug-likeness (QED) is 0.674. The molecule has 0 aliphatic carbocycles. The molecule has 0 radical (unpaired) electrons. The first kappa shape index (κ1) is 9.29. The van der Waals surface area contributed by atoms with Gasteiger partial charge in [0.2, 0.25) is 0 Å². The Morgan fingerprint density at radius 2 is 2.42 bits per heavy atom. The summed E-state index contributed by atoms with van der Waals surface area (Å²) in [6.07, 6.45) is 6.16. The van der Waals surface area contributed by atoms with E-state index in [1.807, 2.05) is 18.4 Å². The number of nitrogens with zero attached hydrogens (tertiary/aromatic N) is 1. The van der Waals surface area contributed by atoms with Gasteiger partial charge in [-0.2, -0.15) is 0 Å². The molecule has 1 aliphatic heterocycles. The first-order chi connectivity index (χ1) is 5.81. The maximum atomic E-state index is 5.52. The standard InChI is InChI=1S/C9H16N2O/c1-3-11-7-8(6-10)4-5-9(11)12-2/h4-5,7,9H,3,6,10H2,1-2H3. The molecule has 3 heteroatoms. The van der Waals surface area contributed by atoms with Crippen LogP contribution in [0.5, 0.6) is 0 Å². The third-order valence-corrected chi connectivity index (χ3v) is 1.98. The molecule has 0 aromatic rings. The fraction of sp³-hybridized carbons (Fsp3) is 0.556. The van der Waals surface area contributed by atoms with E-state index in [0.717, 1.165) is 12.1 Å². The number of hydrogen-bond donors (Lipinski definition) is 1. The molecule has 1 heterocycles. The van der Waals surface area contributed by atoms with E-state index in [0.29, 0.717) is 6.54 Å². The Kier molecular flexibility index (Phi) is 3.31. The number of likely N-dealkylation sites (N-methyl/N-ethyl adjacent to an activating group) is 1. The van der Waals surface area contributed by atoms with Gasteiger partial charge in [0.1, 0.15) is 6.23 Å². The van der Waals surface area contributed by atoms with Gasteiger partial charge < -0.3 is 15.4 Å². The first-order valence-corrected chi connectivity index (χ1v) is 4.19. The van der Waals surface area contributed by atoms with Crippen molar-refractivity contribution in [3.05, 3.63) is 23.9 Å². The van der Waals surface area contributed by atoms with Crippen molar-refractivity contribution in [2.45, 2.75) is 13.2 Å². The SMILES string of the molecule is CCN1C=C(CN)C=CC1OC. The molecule has 0 amide bonds. The van der Waals surface area contributed by atoms with Gasteiger partial charge in [-0.15, -0.1) is 0 Å². The van der Waals surface area contributed by atoms with Crippen LogP contribution >= 0.6 is 0 Å². The van der Waals surface area contributed by atoms with Gasteiger partial charge in [-0.25, -0.2) is 0 Å². The minimum absolute atomic E-state index is 0.0744. The molecule has 68 valence electrons. The summed E-state index contributed by atoms with van der Waals surface area (Å²) in [4.78, 5) is 2.11. The van der Waals surface area contributed by atoms with E-state index in [-0.39, 0.29) is 6.23 Å². The average molecular weight is 168 g/mol. The summed E-state index contributed by atoms with van der Waals surface area (Å²) in [6.45, 7) is 3.62. The molecule has 0 spiro atoms. The number of methoxy groups -OCH3 is 1. The maximum absolute atomic E-state index is 5.52. The largest absolute Gasteiger partial charge is 0.358 e. The third-order valence-electron chi connectivity index (χ3n) is 1.98. The van der Waals surface area contributed by atoms with Crippen molar-refractivity contribution in [3.8, 4) is 0 Å². The summed E-state index contributed by atoms with van der Waals surface area (Å²) in [6, 6.07) is 0. The van der Waals surface area contributed by atoms with Gasteiger partial charge in [0, 0.05) is 26.4 Å². The summed E-state index contributed by atoms with van der Waals surface area (Å²) in [5.74, 6) is 0. The van der Waals surface area contributed by atoms with Crippen molar-refractivity contribution in [2.24, 2.45) is 5.73 Å². The van der Waals surface area contributed by atoms with Crippen LogP contribution in [0.15, 0.2) is 23.9 Å². The Hall–Kier alpha value is -0.800. The van der Waals surface area contributed by atoms with Crippen LogP contribution in [0, 0.1) is 0 Å². The lowest BCUT2D eigenvalue weighted by Crippen LogP contribution is -2.33. The lowest BCUT2D eigenvalue weighted by atomic mass is 10.2. The molecule has 0 fully saturated rings. The normalized spacial score (nSPS) is 22.8. The molecule has 0 saturated heterocycles. The highest BCUT2D eigenvalue weighted by molar-refractivity contribution is 5.24. The summed E-state index contributed by atoms with van der Waals surface area (Å²) < 4.78 is 5.24. The van der Waals surface area contributed by atoms with Crippen LogP contribution in [0.4, 0.5) is 0 Å². The van der Waals surface area contributed by atoms with Crippen LogP contribution in [0.2, 0.25) is 0 Å². The van der Waals surface area contributed by atoms with E-state index in [1.54, 1.807) is 7.11 Å². The second-order valence-electron chi connectivity index (χ2n) is 2.72. The maximum Gasteiger partial charge on any atom is 0.148 e. The van der Waals surface area contributed by atoms with Crippen LogP contribution in [0.3, 0.4) is 0 Å². The molecule has 1 aliphatic rings. The smallest absolute Gasteiger partial charge is 0.148 e. The highest BCUT2D eigenvalue weighted by Crippen LogP contribution is 2.12. The Balaban J connectivity index is 2.67. The van der Waals surface area contributed by atoms with E-state index in [1.165, 1.54) is 0 Å². The number of ether oxygens (including phenoxy) is 1. The topological polar surface area (TPSA) is 38.5 Å². The van der Waals surface area contributed by atoms with Crippen molar-refractivity contribution in [3.63, 3.8) is 0 Å². The third kappa shape index (κ3) is 1.87. The number of nitrogens with two attached hydrogens (primary N) is 1. The molecule has 0 aromatic heterocycles. The summed E-state index contributed by atoms with van der Waals surface area (Å²) >= 11 is 0. The van der Waals surface area contributed by atoms with Crippen LogP contribution < -0.4 is 5.73 Å². The molecule has 1 atom stereocenters. The Morgan fingerprint density at radius 3 is 2.92 bits per heavy atom. The van der Waals surface area contributed by atoms with E-state index in [4.69, 9.17) is 10.5 Å². The number of hydrogen-bond acceptors (Lipinski definition) is 3. The molecular formula is C9H16N2O. The molecule has 0 saturated carbocycles. The van der Waals surface area contributed by atoms with Crippen molar-refractivity contribution in [2.75, 3.05) is 20.2 Å². The zero-order valence-electron chi connectivity index (χ0n) is 7.66. The van der Waals surface area contributed by atoms with Gasteiger partial charge in [-0.3, -0.25) is 0 Å². The van der Waals surface area contributed by atoms with Crippen molar-refractivity contribution in [1.82, 2.24) is 4.90 Å². The van der Waals surface area contributed by atoms with Gasteiger partial charge in [0.25, 0.3) is 0 Å². The molecule has 1 rings (SSSR count). The predicted molar refractivity (Wildman–Crippen MR) is 49.5 cm³/mol. The van der Waals surface area contributed by atoms with Crippen LogP contribution in [-0.4, -0.2) is 31.3 Å². The van der Waals surface area contributed by atoms with Crippen molar-refractivity contribution < 1.29 is 4.74 Å². The van der Waals surface area contributed by atoms with Crippen LogP contribution in [0.1, 0.15) is 6.92 Å². The zero-order chi connectivity index (χ0) is 8.97. The van der Waals surface area contributed by atoms with E-state index < -0.39 is 0 Å². The lowest BCUT2D eigenvalue weighted by molar-refractivity contribution is 0.0324. The highest BCUT2D eigenvalue weighted by atomic mass is 16.5. The Labute approximate surface area is 73.5 Å². The number of rotatable bonds is 3. The van der Waals surface area contributed by atoms with E-state index >= 15 is 0 Å². The fourth-order valence-electron chi connectivity index (χ4n) is 1.25.